The Balaban J connectivity index is 0. The average molecular weight is 355 g/mol. The Morgan fingerprint density at radius 2 is 1.52 bits per heavy atom. The molecule has 0 spiro atoms. The molecule has 1 atom stereocenters. The van der Waals surface area contributed by atoms with Gasteiger partial charge in [-0.25, -0.2) is 9.59 Å². The van der Waals surface area contributed by atoms with Crippen molar-refractivity contribution in [2.45, 2.75) is 78.0 Å². The van der Waals surface area contributed by atoms with Gasteiger partial charge in [-0.15, -0.1) is 0 Å². The zero-order valence-electron chi connectivity index (χ0n) is 15.9. The molecule has 1 amide bonds. The third kappa shape index (κ3) is 16.1. The molecule has 0 aromatic carbocycles. The number of hydrogen-bond acceptors (Lipinski definition) is 8. The Morgan fingerprint density at radius 1 is 1.00 bits per heavy atom. The number of alkyl carbamates (subject to hydrolysis) is 1. The van der Waals surface area contributed by atoms with E-state index < -0.39 is 29.3 Å². The smallest absolute Gasteiger partial charge is 0.408 e. The van der Waals surface area contributed by atoms with Gasteiger partial charge in [-0.05, 0) is 60.8 Å². The van der Waals surface area contributed by atoms with Crippen LogP contribution in [0.4, 0.5) is 4.79 Å². The van der Waals surface area contributed by atoms with E-state index in [2.05, 4.69) is 10.6 Å². The third-order valence-electron chi connectivity index (χ3n) is 2.51. The molecular weight excluding hydrogens is 326 g/mol. The number of esters is 1. The summed E-state index contributed by atoms with van der Waals surface area (Å²) in [4.78, 5) is 24.1. The number of nitriles is 1. The Bertz CT molecular complexity index is 472. The van der Waals surface area contributed by atoms with Crippen LogP contribution in [0.25, 0.3) is 0 Å². The first-order chi connectivity index (χ1) is 11.4. The fourth-order valence-corrected chi connectivity index (χ4v) is 1.69. The van der Waals surface area contributed by atoms with E-state index in [0.29, 0.717) is 25.8 Å². The predicted molar refractivity (Wildman–Crippen MR) is 89.9 cm³/mol. The Morgan fingerprint density at radius 3 is 1.96 bits per heavy atom. The highest BCUT2D eigenvalue weighted by Crippen LogP contribution is 2.13. The van der Waals surface area contributed by atoms with Gasteiger partial charge in [0.15, 0.2) is 6.19 Å². The maximum atomic E-state index is 12.2. The summed E-state index contributed by atoms with van der Waals surface area (Å²) in [6.45, 7) is 11.1. The zero-order valence-corrected chi connectivity index (χ0v) is 15.9. The molecule has 0 bridgehead atoms. The second kappa shape index (κ2) is 11.9. The summed E-state index contributed by atoms with van der Waals surface area (Å²) in [5.74, 6) is -0.489. The molecule has 0 unspecified atom stereocenters. The maximum Gasteiger partial charge on any atom is 0.408 e. The number of nitrogens with zero attached hydrogens (tertiary/aromatic N) is 3. The largest absolute Gasteiger partial charge is 0.458 e. The normalized spacial score (nSPS) is 11.8. The van der Waals surface area contributed by atoms with Gasteiger partial charge in [0.05, 0.1) is 0 Å². The molecule has 0 radical (unpaired) electrons. The van der Waals surface area contributed by atoms with Gasteiger partial charge in [0, 0.05) is 17.3 Å². The number of carbonyl (C=O) groups is 2. The van der Waals surface area contributed by atoms with Gasteiger partial charge in [0.25, 0.3) is 0 Å². The summed E-state index contributed by atoms with van der Waals surface area (Å²) in [6.07, 6.45) is 2.98. The van der Waals surface area contributed by atoms with Gasteiger partial charge in [-0.2, -0.15) is 5.26 Å². The fraction of sp³-hybridized carbons (Fsp3) is 0.812. The van der Waals surface area contributed by atoms with Crippen molar-refractivity contribution in [1.29, 1.82) is 16.0 Å². The summed E-state index contributed by atoms with van der Waals surface area (Å²) >= 11 is 0. The van der Waals surface area contributed by atoms with E-state index in [1.165, 1.54) is 0 Å². The fourth-order valence-electron chi connectivity index (χ4n) is 1.69. The molecule has 0 saturated carbocycles. The number of unbranched alkanes of at least 4 members (excludes halogenated alkanes) is 1. The van der Waals surface area contributed by atoms with Crippen LogP contribution in [0.15, 0.2) is 0 Å². The Labute approximate surface area is 149 Å². The lowest BCUT2D eigenvalue weighted by molar-refractivity contribution is -0.157. The van der Waals surface area contributed by atoms with E-state index in [1.54, 1.807) is 41.5 Å². The lowest BCUT2D eigenvalue weighted by atomic mass is 10.1. The van der Waals surface area contributed by atoms with E-state index in [-0.39, 0.29) is 0 Å². The van der Waals surface area contributed by atoms with Gasteiger partial charge >= 0.3 is 12.1 Å². The number of carbonyl (C=O) groups excluding carboxylic acids is 2. The van der Waals surface area contributed by atoms with Gasteiger partial charge in [0.2, 0.25) is 0 Å². The summed E-state index contributed by atoms with van der Waals surface area (Å²) in [7, 11) is 0. The van der Waals surface area contributed by atoms with Crippen molar-refractivity contribution in [1.82, 2.24) is 10.6 Å². The highest BCUT2D eigenvalue weighted by molar-refractivity contribution is 5.81. The van der Waals surface area contributed by atoms with Crippen LogP contribution < -0.4 is 10.6 Å². The van der Waals surface area contributed by atoms with Gasteiger partial charge < -0.3 is 20.1 Å². The molecule has 9 heteroatoms. The van der Waals surface area contributed by atoms with Crippen LogP contribution in [0.3, 0.4) is 0 Å². The molecule has 142 valence electrons. The minimum absolute atomic E-state index is 0.418. The molecule has 0 fully saturated rings. The van der Waals surface area contributed by atoms with E-state index in [9.17, 15) is 9.59 Å². The van der Waals surface area contributed by atoms with Gasteiger partial charge in [-0.1, -0.05) is 0 Å². The first-order valence-corrected chi connectivity index (χ1v) is 7.99. The van der Waals surface area contributed by atoms with Crippen LogP contribution in [0.5, 0.6) is 0 Å². The van der Waals surface area contributed by atoms with Crippen molar-refractivity contribution in [3.8, 4) is 6.19 Å². The molecule has 0 aliphatic carbocycles. The SMILES string of the molecule is CC(C)(C)OC(=O)N[C@@H](CCCCNC#N)C(=O)OC(C)(C)C.N#N. The summed E-state index contributed by atoms with van der Waals surface area (Å²) in [5, 5.41) is 25.5. The van der Waals surface area contributed by atoms with E-state index in [4.69, 9.17) is 25.5 Å². The lowest BCUT2D eigenvalue weighted by Gasteiger charge is -2.26. The first kappa shape index (κ1) is 24.7. The topological polar surface area (TPSA) is 148 Å². The van der Waals surface area contributed by atoms with Crippen molar-refractivity contribution < 1.29 is 19.1 Å². The number of ether oxygens (including phenoxy) is 2. The first-order valence-electron chi connectivity index (χ1n) is 7.99. The maximum absolute atomic E-state index is 12.2. The molecule has 0 aliphatic heterocycles. The van der Waals surface area contributed by atoms with Crippen LogP contribution in [-0.4, -0.2) is 35.9 Å². The minimum Gasteiger partial charge on any atom is -0.458 e. The standard InChI is InChI=1S/C16H29N3O4.N2/c1-15(2,3)22-13(20)12(9-7-8-10-18-11-17)19-14(21)23-16(4,5)6;1-2/h12,18H,7-10H2,1-6H3,(H,19,21);/t12-;/m0./s1. The molecule has 0 aromatic rings. The van der Waals surface area contributed by atoms with Crippen LogP contribution in [0, 0.1) is 22.2 Å². The van der Waals surface area contributed by atoms with Crippen molar-refractivity contribution in [2.75, 3.05) is 6.54 Å². The van der Waals surface area contributed by atoms with Crippen LogP contribution in [0.2, 0.25) is 0 Å². The Kier molecular flexibility index (Phi) is 11.8. The van der Waals surface area contributed by atoms with Gasteiger partial charge in [-0.3, -0.25) is 0 Å². The van der Waals surface area contributed by atoms with Crippen molar-refractivity contribution >= 4 is 12.1 Å². The average Bonchev–Trinajstić information content (AvgIpc) is 2.44. The zero-order chi connectivity index (χ0) is 20.1. The number of amides is 1. The molecule has 0 saturated heterocycles. The highest BCUT2D eigenvalue weighted by Gasteiger charge is 2.28. The molecule has 0 aromatic heterocycles. The van der Waals surface area contributed by atoms with Gasteiger partial charge in [0.1, 0.15) is 17.2 Å². The molecule has 0 rings (SSSR count). The lowest BCUT2D eigenvalue weighted by Crippen LogP contribution is -2.46. The second-order valence-corrected chi connectivity index (χ2v) is 7.27. The third-order valence-corrected chi connectivity index (χ3v) is 2.51. The summed E-state index contributed by atoms with van der Waals surface area (Å²) in [6, 6.07) is -0.772. The molecular formula is C16H29N5O4. The highest BCUT2D eigenvalue weighted by atomic mass is 16.6. The van der Waals surface area contributed by atoms with E-state index >= 15 is 0 Å². The minimum atomic E-state index is -0.772. The van der Waals surface area contributed by atoms with Crippen LogP contribution in [-0.2, 0) is 14.3 Å². The number of nitrogens with one attached hydrogen (secondary N) is 2. The van der Waals surface area contributed by atoms with E-state index in [0.717, 1.165) is 0 Å². The van der Waals surface area contributed by atoms with E-state index in [1.807, 2.05) is 6.19 Å². The van der Waals surface area contributed by atoms with Crippen molar-refractivity contribution in [3.63, 3.8) is 0 Å². The summed E-state index contributed by atoms with van der Waals surface area (Å²) in [5.41, 5.74) is -1.27. The molecule has 2 N–H and O–H groups in total. The van der Waals surface area contributed by atoms with Crippen LogP contribution >= 0.6 is 0 Å². The van der Waals surface area contributed by atoms with Crippen molar-refractivity contribution in [2.24, 2.45) is 0 Å². The number of rotatable bonds is 7. The van der Waals surface area contributed by atoms with Crippen molar-refractivity contribution in [3.05, 3.63) is 0 Å². The van der Waals surface area contributed by atoms with Crippen LogP contribution in [0.1, 0.15) is 60.8 Å². The number of hydrogen-bond donors (Lipinski definition) is 2. The predicted octanol–water partition coefficient (Wildman–Crippen LogP) is 2.49. The molecule has 0 heterocycles. The Hall–Kier alpha value is -2.55. The monoisotopic (exact) mass is 355 g/mol. The molecule has 25 heavy (non-hydrogen) atoms. The molecule has 0 aliphatic rings. The quantitative estimate of drug-likeness (QED) is 0.232. The summed E-state index contributed by atoms with van der Waals surface area (Å²) < 4.78 is 10.5. The second-order valence-electron chi connectivity index (χ2n) is 7.27. The molecule has 9 nitrogen and oxygen atoms in total.